The second kappa shape index (κ2) is 15.4. The van der Waals surface area contributed by atoms with Crippen LogP contribution in [0, 0.1) is 11.8 Å². The van der Waals surface area contributed by atoms with Crippen molar-refractivity contribution in [1.29, 1.82) is 0 Å². The molecule has 0 aromatic rings. The molecule has 0 aliphatic rings. The smallest absolute Gasteiger partial charge is 0.0414 e. The van der Waals surface area contributed by atoms with Gasteiger partial charge in [0, 0.05) is 0 Å². The van der Waals surface area contributed by atoms with Gasteiger partial charge in [0.25, 0.3) is 0 Å². The first-order valence-corrected chi connectivity index (χ1v) is 9.78. The first-order valence-electron chi connectivity index (χ1n) is 9.78. The van der Waals surface area contributed by atoms with E-state index < -0.39 is 0 Å². The Balaban J connectivity index is 3.92. The molecule has 0 aromatic carbocycles. The fraction of sp³-hybridized carbons (Fsp3) is 1.00. The Morgan fingerprint density at radius 2 is 0.950 bits per heavy atom. The Bertz CT molecular complexity index is 173. The van der Waals surface area contributed by atoms with Gasteiger partial charge in [-0.3, -0.25) is 0 Å². The van der Waals surface area contributed by atoms with Crippen molar-refractivity contribution in [3.8, 4) is 0 Å². The summed E-state index contributed by atoms with van der Waals surface area (Å²) < 4.78 is 0. The average Bonchev–Trinajstić information content (AvgIpc) is 2.48. The molecule has 0 aliphatic heterocycles. The highest BCUT2D eigenvalue weighted by atomic mass is 14.2. The zero-order valence-electron chi connectivity index (χ0n) is 15.1. The van der Waals surface area contributed by atoms with Crippen LogP contribution >= 0.6 is 0 Å². The number of hydrogen-bond donors (Lipinski definition) is 0. The number of unbranched alkanes of at least 4 members (excludes halogenated alkanes) is 5. The molecule has 0 radical (unpaired) electrons. The molecule has 0 heteroatoms. The van der Waals surface area contributed by atoms with Crippen molar-refractivity contribution in [2.24, 2.45) is 11.8 Å². The highest BCUT2D eigenvalue weighted by Gasteiger charge is 2.12. The minimum atomic E-state index is 1.01. The van der Waals surface area contributed by atoms with Gasteiger partial charge >= 0.3 is 0 Å². The highest BCUT2D eigenvalue weighted by Crippen LogP contribution is 2.27. The molecule has 20 heavy (non-hydrogen) atoms. The average molecular weight is 283 g/mol. The Morgan fingerprint density at radius 1 is 0.450 bits per heavy atom. The molecule has 0 N–H and O–H groups in total. The summed E-state index contributed by atoms with van der Waals surface area (Å²) in [5.74, 6) is 2.04. The van der Waals surface area contributed by atoms with Crippen LogP contribution in [0.5, 0.6) is 0 Å². The van der Waals surface area contributed by atoms with Gasteiger partial charge in [0.1, 0.15) is 0 Å². The molecular formula is C20H42. The first-order chi connectivity index (χ1) is 9.78. The van der Waals surface area contributed by atoms with Crippen LogP contribution < -0.4 is 0 Å². The summed E-state index contributed by atoms with van der Waals surface area (Å²) in [6.45, 7) is 9.37. The van der Waals surface area contributed by atoms with E-state index in [1.165, 1.54) is 89.9 Å². The van der Waals surface area contributed by atoms with Crippen LogP contribution in [-0.4, -0.2) is 0 Å². The Labute approximate surface area is 130 Å². The molecular weight excluding hydrogens is 240 g/mol. The summed E-state index contributed by atoms with van der Waals surface area (Å²) in [5.41, 5.74) is 0. The topological polar surface area (TPSA) is 0 Å². The van der Waals surface area contributed by atoms with Crippen molar-refractivity contribution in [2.45, 2.75) is 118 Å². The molecule has 0 aliphatic carbocycles. The van der Waals surface area contributed by atoms with Crippen molar-refractivity contribution in [3.63, 3.8) is 0 Å². The fourth-order valence-corrected chi connectivity index (χ4v) is 3.30. The lowest BCUT2D eigenvalue weighted by Gasteiger charge is -2.20. The van der Waals surface area contributed by atoms with Gasteiger partial charge in [-0.2, -0.15) is 0 Å². The Kier molecular flexibility index (Phi) is 15.4. The van der Waals surface area contributed by atoms with Crippen molar-refractivity contribution < 1.29 is 0 Å². The third-order valence-electron chi connectivity index (χ3n) is 4.96. The molecule has 2 atom stereocenters. The lowest BCUT2D eigenvalue weighted by Crippen LogP contribution is -2.06. The second-order valence-electron chi connectivity index (χ2n) is 6.85. The van der Waals surface area contributed by atoms with E-state index >= 15 is 0 Å². The molecule has 0 fully saturated rings. The molecule has 0 saturated carbocycles. The van der Waals surface area contributed by atoms with E-state index in [0.717, 1.165) is 11.8 Å². The monoisotopic (exact) mass is 282 g/mol. The maximum atomic E-state index is 2.39. The zero-order valence-corrected chi connectivity index (χ0v) is 15.1. The zero-order chi connectivity index (χ0) is 15.1. The molecule has 0 rings (SSSR count). The summed E-state index contributed by atoms with van der Waals surface area (Å²) >= 11 is 0. The van der Waals surface area contributed by atoms with E-state index in [0.29, 0.717) is 0 Å². The summed E-state index contributed by atoms with van der Waals surface area (Å²) in [6.07, 6.45) is 20.3. The van der Waals surface area contributed by atoms with Gasteiger partial charge in [-0.1, -0.05) is 118 Å². The third kappa shape index (κ3) is 11.8. The second-order valence-corrected chi connectivity index (χ2v) is 6.85. The summed E-state index contributed by atoms with van der Waals surface area (Å²) in [5, 5.41) is 0. The predicted molar refractivity (Wildman–Crippen MR) is 94.3 cm³/mol. The van der Waals surface area contributed by atoms with E-state index in [-0.39, 0.29) is 0 Å². The third-order valence-corrected chi connectivity index (χ3v) is 4.96. The highest BCUT2D eigenvalue weighted by molar-refractivity contribution is 4.65. The van der Waals surface area contributed by atoms with Crippen LogP contribution in [0.2, 0.25) is 0 Å². The maximum absolute atomic E-state index is 2.39. The molecule has 0 amide bonds. The van der Waals surface area contributed by atoms with Gasteiger partial charge in [-0.25, -0.2) is 0 Å². The van der Waals surface area contributed by atoms with Gasteiger partial charge < -0.3 is 0 Å². The van der Waals surface area contributed by atoms with Crippen molar-refractivity contribution in [2.75, 3.05) is 0 Å². The van der Waals surface area contributed by atoms with Crippen molar-refractivity contribution in [1.82, 2.24) is 0 Å². The lowest BCUT2D eigenvalue weighted by molar-refractivity contribution is 0.324. The minimum absolute atomic E-state index is 1.01. The lowest BCUT2D eigenvalue weighted by atomic mass is 9.86. The summed E-state index contributed by atoms with van der Waals surface area (Å²) in [4.78, 5) is 0. The molecule has 0 bridgehead atoms. The summed E-state index contributed by atoms with van der Waals surface area (Å²) in [7, 11) is 0. The van der Waals surface area contributed by atoms with E-state index in [4.69, 9.17) is 0 Å². The SMILES string of the molecule is CCCCCCC(CCCC)CCC(CC)CCCC. The van der Waals surface area contributed by atoms with Crippen LogP contribution in [0.3, 0.4) is 0 Å². The van der Waals surface area contributed by atoms with Gasteiger partial charge in [0.05, 0.1) is 0 Å². The molecule has 0 saturated heterocycles. The van der Waals surface area contributed by atoms with E-state index in [1.54, 1.807) is 0 Å². The van der Waals surface area contributed by atoms with E-state index in [9.17, 15) is 0 Å². The Hall–Kier alpha value is 0. The fourth-order valence-electron chi connectivity index (χ4n) is 3.30. The quantitative estimate of drug-likeness (QED) is 0.269. The molecule has 0 heterocycles. The first kappa shape index (κ1) is 20.0. The normalized spacial score (nSPS) is 14.4. The standard InChI is InChI=1S/C20H42/c1-5-9-12-13-16-20(15-11-7-3)18-17-19(8-4)14-10-6-2/h19-20H,5-18H2,1-4H3. The molecule has 0 spiro atoms. The minimum Gasteiger partial charge on any atom is -0.0654 e. The summed E-state index contributed by atoms with van der Waals surface area (Å²) in [6, 6.07) is 0. The van der Waals surface area contributed by atoms with E-state index in [1.807, 2.05) is 0 Å². The molecule has 2 unspecified atom stereocenters. The van der Waals surface area contributed by atoms with Gasteiger partial charge in [-0.15, -0.1) is 0 Å². The number of rotatable bonds is 15. The predicted octanol–water partition coefficient (Wildman–Crippen LogP) is 7.76. The molecule has 0 nitrogen and oxygen atoms in total. The Morgan fingerprint density at radius 3 is 1.50 bits per heavy atom. The van der Waals surface area contributed by atoms with Gasteiger partial charge in [0.15, 0.2) is 0 Å². The van der Waals surface area contributed by atoms with Crippen molar-refractivity contribution >= 4 is 0 Å². The largest absolute Gasteiger partial charge is 0.0654 e. The number of hydrogen-bond acceptors (Lipinski definition) is 0. The van der Waals surface area contributed by atoms with Crippen LogP contribution in [-0.2, 0) is 0 Å². The maximum Gasteiger partial charge on any atom is -0.0414 e. The molecule has 0 aromatic heterocycles. The van der Waals surface area contributed by atoms with Crippen LogP contribution in [0.15, 0.2) is 0 Å². The molecule has 122 valence electrons. The van der Waals surface area contributed by atoms with Crippen LogP contribution in [0.25, 0.3) is 0 Å². The van der Waals surface area contributed by atoms with Crippen LogP contribution in [0.4, 0.5) is 0 Å². The van der Waals surface area contributed by atoms with Gasteiger partial charge in [-0.05, 0) is 11.8 Å². The van der Waals surface area contributed by atoms with Gasteiger partial charge in [0.2, 0.25) is 0 Å². The van der Waals surface area contributed by atoms with E-state index in [2.05, 4.69) is 27.7 Å². The van der Waals surface area contributed by atoms with Crippen LogP contribution in [0.1, 0.15) is 118 Å². The van der Waals surface area contributed by atoms with Crippen molar-refractivity contribution in [3.05, 3.63) is 0 Å².